The van der Waals surface area contributed by atoms with Gasteiger partial charge in [-0.15, -0.1) is 0 Å². The van der Waals surface area contributed by atoms with E-state index in [4.69, 9.17) is 0 Å². The standard InChI is InChI=1S/C7H14N4/c1-5(2)7-6(4-8-3)9-11-10-7/h5,8H,4H2,1-3H3,(H,9,10,11). The van der Waals surface area contributed by atoms with Crippen molar-refractivity contribution in [3.05, 3.63) is 11.4 Å². The van der Waals surface area contributed by atoms with Crippen molar-refractivity contribution in [2.24, 2.45) is 0 Å². The lowest BCUT2D eigenvalue weighted by Gasteiger charge is -2.01. The molecule has 0 atom stereocenters. The second kappa shape index (κ2) is 3.48. The first-order valence-corrected chi connectivity index (χ1v) is 3.79. The quantitative estimate of drug-likeness (QED) is 0.672. The predicted octanol–water partition coefficient (Wildman–Crippen LogP) is 0.647. The number of rotatable bonds is 3. The van der Waals surface area contributed by atoms with Gasteiger partial charge in [0.05, 0.1) is 11.4 Å². The third-order valence-electron chi connectivity index (χ3n) is 1.54. The van der Waals surface area contributed by atoms with Crippen LogP contribution in [0.5, 0.6) is 0 Å². The highest BCUT2D eigenvalue weighted by Gasteiger charge is 2.09. The Balaban J connectivity index is 2.78. The van der Waals surface area contributed by atoms with Crippen LogP contribution in [-0.4, -0.2) is 22.5 Å². The molecule has 0 aromatic carbocycles. The van der Waals surface area contributed by atoms with E-state index >= 15 is 0 Å². The van der Waals surface area contributed by atoms with Crippen LogP contribution in [-0.2, 0) is 6.54 Å². The van der Waals surface area contributed by atoms with Gasteiger partial charge < -0.3 is 5.32 Å². The van der Waals surface area contributed by atoms with Gasteiger partial charge in [0.15, 0.2) is 0 Å². The minimum absolute atomic E-state index is 0.442. The molecule has 0 bridgehead atoms. The van der Waals surface area contributed by atoms with Gasteiger partial charge >= 0.3 is 0 Å². The van der Waals surface area contributed by atoms with Crippen LogP contribution in [0.2, 0.25) is 0 Å². The minimum Gasteiger partial charge on any atom is -0.314 e. The summed E-state index contributed by atoms with van der Waals surface area (Å²) in [7, 11) is 1.90. The molecule has 1 aromatic heterocycles. The molecule has 0 aliphatic rings. The molecule has 0 spiro atoms. The molecule has 62 valence electrons. The lowest BCUT2D eigenvalue weighted by molar-refractivity contribution is 0.750. The fourth-order valence-electron chi connectivity index (χ4n) is 1.02. The van der Waals surface area contributed by atoms with E-state index < -0.39 is 0 Å². The van der Waals surface area contributed by atoms with Gasteiger partial charge in [0.25, 0.3) is 0 Å². The third-order valence-corrected chi connectivity index (χ3v) is 1.54. The zero-order valence-electron chi connectivity index (χ0n) is 7.18. The summed E-state index contributed by atoms with van der Waals surface area (Å²) < 4.78 is 0. The number of hydrogen-bond donors (Lipinski definition) is 2. The first-order chi connectivity index (χ1) is 5.25. The van der Waals surface area contributed by atoms with Crippen LogP contribution in [0.4, 0.5) is 0 Å². The molecule has 1 aromatic rings. The third kappa shape index (κ3) is 1.77. The SMILES string of the molecule is CNCc1n[nH]nc1C(C)C. The Kier molecular flexibility index (Phi) is 2.59. The lowest BCUT2D eigenvalue weighted by atomic mass is 10.1. The summed E-state index contributed by atoms with van der Waals surface area (Å²) in [5.41, 5.74) is 2.07. The Morgan fingerprint density at radius 2 is 2.18 bits per heavy atom. The Morgan fingerprint density at radius 1 is 1.45 bits per heavy atom. The summed E-state index contributed by atoms with van der Waals surface area (Å²) in [6.45, 7) is 5.00. The van der Waals surface area contributed by atoms with Crippen molar-refractivity contribution in [1.82, 2.24) is 20.7 Å². The lowest BCUT2D eigenvalue weighted by Crippen LogP contribution is -2.08. The molecule has 11 heavy (non-hydrogen) atoms. The monoisotopic (exact) mass is 154 g/mol. The highest BCUT2D eigenvalue weighted by atomic mass is 15.3. The second-order valence-corrected chi connectivity index (χ2v) is 2.84. The number of H-pyrrole nitrogens is 1. The molecule has 4 heteroatoms. The maximum absolute atomic E-state index is 4.06. The van der Waals surface area contributed by atoms with E-state index in [0.29, 0.717) is 5.92 Å². The highest BCUT2D eigenvalue weighted by Crippen LogP contribution is 2.13. The maximum Gasteiger partial charge on any atom is 0.0997 e. The summed E-state index contributed by atoms with van der Waals surface area (Å²) in [5.74, 6) is 0.442. The van der Waals surface area contributed by atoms with Crippen molar-refractivity contribution >= 4 is 0 Å². The summed E-state index contributed by atoms with van der Waals surface area (Å²) >= 11 is 0. The van der Waals surface area contributed by atoms with E-state index in [1.807, 2.05) is 7.05 Å². The van der Waals surface area contributed by atoms with Gasteiger partial charge in [-0.05, 0) is 13.0 Å². The molecule has 1 rings (SSSR count). The second-order valence-electron chi connectivity index (χ2n) is 2.84. The minimum atomic E-state index is 0.442. The van der Waals surface area contributed by atoms with E-state index in [0.717, 1.165) is 17.9 Å². The van der Waals surface area contributed by atoms with E-state index in [1.165, 1.54) is 0 Å². The molecule has 2 N–H and O–H groups in total. The molecule has 0 aliphatic heterocycles. The van der Waals surface area contributed by atoms with Crippen molar-refractivity contribution in [1.29, 1.82) is 0 Å². The van der Waals surface area contributed by atoms with Crippen molar-refractivity contribution in [3.8, 4) is 0 Å². The first-order valence-electron chi connectivity index (χ1n) is 3.79. The number of aromatic amines is 1. The topological polar surface area (TPSA) is 53.6 Å². The molecule has 4 nitrogen and oxygen atoms in total. The zero-order valence-corrected chi connectivity index (χ0v) is 7.18. The predicted molar refractivity (Wildman–Crippen MR) is 43.2 cm³/mol. The van der Waals surface area contributed by atoms with Crippen molar-refractivity contribution in [2.45, 2.75) is 26.3 Å². The Bertz CT molecular complexity index is 216. The normalized spacial score (nSPS) is 10.9. The summed E-state index contributed by atoms with van der Waals surface area (Å²) in [6.07, 6.45) is 0. The van der Waals surface area contributed by atoms with Crippen LogP contribution in [0.15, 0.2) is 0 Å². The van der Waals surface area contributed by atoms with E-state index in [1.54, 1.807) is 0 Å². The number of nitrogens with one attached hydrogen (secondary N) is 2. The van der Waals surface area contributed by atoms with Gasteiger partial charge in [-0.25, -0.2) is 0 Å². The molecule has 0 fully saturated rings. The number of hydrogen-bond acceptors (Lipinski definition) is 3. The van der Waals surface area contributed by atoms with E-state index in [2.05, 4.69) is 34.6 Å². The van der Waals surface area contributed by atoms with Crippen molar-refractivity contribution in [3.63, 3.8) is 0 Å². The molecule has 0 saturated carbocycles. The van der Waals surface area contributed by atoms with Gasteiger partial charge in [0.2, 0.25) is 0 Å². The fourth-order valence-corrected chi connectivity index (χ4v) is 1.02. The van der Waals surface area contributed by atoms with Crippen LogP contribution in [0, 0.1) is 0 Å². The molecule has 1 heterocycles. The van der Waals surface area contributed by atoms with Crippen LogP contribution >= 0.6 is 0 Å². The first kappa shape index (κ1) is 8.20. The molecule has 0 saturated heterocycles. The van der Waals surface area contributed by atoms with Crippen LogP contribution in [0.25, 0.3) is 0 Å². The van der Waals surface area contributed by atoms with Gasteiger partial charge in [-0.2, -0.15) is 15.4 Å². The van der Waals surface area contributed by atoms with E-state index in [9.17, 15) is 0 Å². The largest absolute Gasteiger partial charge is 0.314 e. The van der Waals surface area contributed by atoms with Crippen molar-refractivity contribution < 1.29 is 0 Å². The molecule has 0 aliphatic carbocycles. The van der Waals surface area contributed by atoms with Crippen LogP contribution < -0.4 is 5.32 Å². The fraction of sp³-hybridized carbons (Fsp3) is 0.714. The zero-order chi connectivity index (χ0) is 8.27. The maximum atomic E-state index is 4.06. The Hall–Kier alpha value is -0.900. The Labute approximate surface area is 66.4 Å². The smallest absolute Gasteiger partial charge is 0.0997 e. The molecular weight excluding hydrogens is 140 g/mol. The van der Waals surface area contributed by atoms with Gasteiger partial charge in [0.1, 0.15) is 0 Å². The summed E-state index contributed by atoms with van der Waals surface area (Å²) in [6, 6.07) is 0. The number of aromatic nitrogens is 3. The van der Waals surface area contributed by atoms with Crippen molar-refractivity contribution in [2.75, 3.05) is 7.05 Å². The average molecular weight is 154 g/mol. The van der Waals surface area contributed by atoms with Crippen LogP contribution in [0.1, 0.15) is 31.2 Å². The molecule has 0 amide bonds. The van der Waals surface area contributed by atoms with E-state index in [-0.39, 0.29) is 0 Å². The summed E-state index contributed by atoms with van der Waals surface area (Å²) in [5, 5.41) is 13.8. The van der Waals surface area contributed by atoms with Gasteiger partial charge in [-0.1, -0.05) is 13.8 Å². The van der Waals surface area contributed by atoms with Gasteiger partial charge in [0, 0.05) is 6.54 Å². The highest BCUT2D eigenvalue weighted by molar-refractivity contribution is 5.11. The summed E-state index contributed by atoms with van der Waals surface area (Å²) in [4.78, 5) is 0. The van der Waals surface area contributed by atoms with Crippen LogP contribution in [0.3, 0.4) is 0 Å². The molecule has 0 radical (unpaired) electrons. The number of nitrogens with zero attached hydrogens (tertiary/aromatic N) is 2. The Morgan fingerprint density at radius 3 is 2.73 bits per heavy atom. The molecular formula is C7H14N4. The average Bonchev–Trinajstić information content (AvgIpc) is 2.36. The van der Waals surface area contributed by atoms with Gasteiger partial charge in [-0.3, -0.25) is 0 Å². The molecule has 0 unspecified atom stereocenters.